The molecule has 29 heavy (non-hydrogen) atoms. The number of carbonyl (C=O) groups excluding carboxylic acids is 1. The van der Waals surface area contributed by atoms with E-state index in [1.807, 2.05) is 19.2 Å². The molecule has 2 N–H and O–H groups in total. The van der Waals surface area contributed by atoms with E-state index in [2.05, 4.69) is 51.4 Å². The highest BCUT2D eigenvalue weighted by Gasteiger charge is 2.25. The summed E-state index contributed by atoms with van der Waals surface area (Å²) in [4.78, 5) is 20.9. The monoisotopic (exact) mass is 401 g/mol. The Kier molecular flexibility index (Phi) is 7.75. The number of rotatable bonds is 8. The molecule has 1 aromatic carbocycles. The van der Waals surface area contributed by atoms with Gasteiger partial charge in [-0.05, 0) is 30.4 Å². The second-order valence-electron chi connectivity index (χ2n) is 8.12. The van der Waals surface area contributed by atoms with E-state index in [0.29, 0.717) is 31.7 Å². The Bertz CT molecular complexity index is 694. The van der Waals surface area contributed by atoms with Gasteiger partial charge < -0.3 is 20.3 Å². The lowest BCUT2D eigenvalue weighted by Crippen LogP contribution is -2.54. The van der Waals surface area contributed by atoms with E-state index in [4.69, 9.17) is 4.74 Å². The fraction of sp³-hybridized carbons (Fsp3) is 0.636. The van der Waals surface area contributed by atoms with Gasteiger partial charge in [0.2, 0.25) is 5.91 Å². The molecule has 0 unspecified atom stereocenters. The fourth-order valence-corrected chi connectivity index (χ4v) is 3.57. The molecule has 1 amide bonds. The third-order valence-corrected chi connectivity index (χ3v) is 5.38. The fourth-order valence-electron chi connectivity index (χ4n) is 3.57. The van der Waals surface area contributed by atoms with Gasteiger partial charge in [-0.3, -0.25) is 14.7 Å². The minimum Gasteiger partial charge on any atom is -0.491 e. The second kappa shape index (κ2) is 10.5. The topological polar surface area (TPSA) is 69.2 Å². The van der Waals surface area contributed by atoms with Crippen LogP contribution < -0.4 is 15.4 Å². The van der Waals surface area contributed by atoms with Crippen molar-refractivity contribution in [1.82, 2.24) is 20.4 Å². The second-order valence-corrected chi connectivity index (χ2v) is 8.12. The number of ether oxygens (including phenoxy) is 1. The summed E-state index contributed by atoms with van der Waals surface area (Å²) in [5.74, 6) is 2.45. The van der Waals surface area contributed by atoms with Gasteiger partial charge in [0.25, 0.3) is 0 Å². The van der Waals surface area contributed by atoms with E-state index in [1.165, 1.54) is 5.56 Å². The highest BCUT2D eigenvalue weighted by Crippen LogP contribution is 2.25. The van der Waals surface area contributed by atoms with Gasteiger partial charge in [0.1, 0.15) is 12.4 Å². The summed E-state index contributed by atoms with van der Waals surface area (Å²) in [6.07, 6.45) is 2.27. The van der Waals surface area contributed by atoms with Crippen molar-refractivity contribution in [2.24, 2.45) is 4.99 Å². The van der Waals surface area contributed by atoms with Crippen molar-refractivity contribution in [3.05, 3.63) is 29.8 Å². The molecule has 0 radical (unpaired) electrons. The van der Waals surface area contributed by atoms with Crippen LogP contribution >= 0.6 is 0 Å². The van der Waals surface area contributed by atoms with Gasteiger partial charge in [-0.1, -0.05) is 32.0 Å². The molecule has 2 fully saturated rings. The molecule has 0 spiro atoms. The normalized spacial score (nSPS) is 18.1. The molecule has 0 atom stereocenters. The Balaban J connectivity index is 1.37. The van der Waals surface area contributed by atoms with Gasteiger partial charge in [0, 0.05) is 39.3 Å². The van der Waals surface area contributed by atoms with Gasteiger partial charge in [-0.25, -0.2) is 0 Å². The molecule has 7 nitrogen and oxygen atoms in total. The zero-order valence-corrected chi connectivity index (χ0v) is 18.0. The summed E-state index contributed by atoms with van der Waals surface area (Å²) in [5, 5.41) is 6.46. The highest BCUT2D eigenvalue weighted by atomic mass is 16.5. The number of amides is 1. The number of nitrogens with zero attached hydrogens (tertiary/aromatic N) is 3. The number of benzene rings is 1. The third-order valence-electron chi connectivity index (χ3n) is 5.38. The van der Waals surface area contributed by atoms with Crippen LogP contribution in [-0.4, -0.2) is 80.6 Å². The van der Waals surface area contributed by atoms with Crippen LogP contribution in [0.4, 0.5) is 0 Å². The average molecular weight is 402 g/mol. The van der Waals surface area contributed by atoms with E-state index < -0.39 is 0 Å². The number of nitrogens with one attached hydrogen (secondary N) is 2. The SMILES string of the molecule is CN=C(NCCOc1ccccc1C(C)C)N1CCN(CC(=O)NC2CC2)CC1. The molecular formula is C22H35N5O2. The highest BCUT2D eigenvalue weighted by molar-refractivity contribution is 5.80. The van der Waals surface area contributed by atoms with Crippen LogP contribution in [0.1, 0.15) is 38.2 Å². The number of hydrogen-bond acceptors (Lipinski definition) is 4. The van der Waals surface area contributed by atoms with Gasteiger partial charge in [0.05, 0.1) is 13.1 Å². The first kappa shape index (κ1) is 21.4. The molecule has 160 valence electrons. The largest absolute Gasteiger partial charge is 0.491 e. The van der Waals surface area contributed by atoms with Crippen molar-refractivity contribution in [3.63, 3.8) is 0 Å². The lowest BCUT2D eigenvalue weighted by atomic mass is 10.0. The standard InChI is InChI=1S/C22H35N5O2/c1-17(2)19-6-4-5-7-20(19)29-15-10-24-22(23-3)27-13-11-26(12-14-27)16-21(28)25-18-8-9-18/h4-7,17-18H,8-16H2,1-3H3,(H,23,24)(H,25,28). The number of hydrogen-bond donors (Lipinski definition) is 2. The maximum atomic E-state index is 12.0. The molecule has 1 aliphatic heterocycles. The summed E-state index contributed by atoms with van der Waals surface area (Å²) in [5.41, 5.74) is 1.23. The number of aliphatic imine (C=N–C) groups is 1. The molecule has 1 aromatic rings. The molecule has 1 saturated carbocycles. The maximum absolute atomic E-state index is 12.0. The molecule has 1 saturated heterocycles. The summed E-state index contributed by atoms with van der Waals surface area (Å²) in [7, 11) is 1.81. The van der Waals surface area contributed by atoms with E-state index in [9.17, 15) is 4.79 Å². The number of piperazine rings is 1. The first-order valence-electron chi connectivity index (χ1n) is 10.8. The molecule has 3 rings (SSSR count). The summed E-state index contributed by atoms with van der Waals surface area (Å²) >= 11 is 0. The Morgan fingerprint density at radius 1 is 1.21 bits per heavy atom. The van der Waals surface area contributed by atoms with Crippen molar-refractivity contribution >= 4 is 11.9 Å². The lowest BCUT2D eigenvalue weighted by molar-refractivity contribution is -0.122. The molecule has 1 aliphatic carbocycles. The van der Waals surface area contributed by atoms with Crippen LogP contribution in [0.3, 0.4) is 0 Å². The van der Waals surface area contributed by atoms with E-state index in [1.54, 1.807) is 0 Å². The number of para-hydroxylation sites is 1. The Hall–Kier alpha value is -2.28. The first-order valence-corrected chi connectivity index (χ1v) is 10.8. The molecule has 0 aromatic heterocycles. The Labute approximate surface area is 174 Å². The van der Waals surface area contributed by atoms with Gasteiger partial charge in [0.15, 0.2) is 5.96 Å². The van der Waals surface area contributed by atoms with Crippen molar-refractivity contribution in [1.29, 1.82) is 0 Å². The molecule has 2 aliphatic rings. The van der Waals surface area contributed by atoms with Crippen LogP contribution in [0, 0.1) is 0 Å². The zero-order chi connectivity index (χ0) is 20.6. The third kappa shape index (κ3) is 6.63. The van der Waals surface area contributed by atoms with Crippen molar-refractivity contribution in [3.8, 4) is 5.75 Å². The Morgan fingerprint density at radius 3 is 2.59 bits per heavy atom. The lowest BCUT2D eigenvalue weighted by Gasteiger charge is -2.36. The van der Waals surface area contributed by atoms with Gasteiger partial charge >= 0.3 is 0 Å². The summed E-state index contributed by atoms with van der Waals surface area (Å²) in [6, 6.07) is 8.65. The van der Waals surface area contributed by atoms with Crippen LogP contribution in [-0.2, 0) is 4.79 Å². The average Bonchev–Trinajstić information content (AvgIpc) is 3.53. The minimum absolute atomic E-state index is 0.155. The van der Waals surface area contributed by atoms with Crippen LogP contribution in [0.2, 0.25) is 0 Å². The van der Waals surface area contributed by atoms with E-state index >= 15 is 0 Å². The van der Waals surface area contributed by atoms with Crippen LogP contribution in [0.25, 0.3) is 0 Å². The first-order chi connectivity index (χ1) is 14.1. The van der Waals surface area contributed by atoms with Gasteiger partial charge in [-0.15, -0.1) is 0 Å². The van der Waals surface area contributed by atoms with Crippen molar-refractivity contribution in [2.45, 2.75) is 38.6 Å². The minimum atomic E-state index is 0.155. The molecular weight excluding hydrogens is 366 g/mol. The van der Waals surface area contributed by atoms with Crippen molar-refractivity contribution < 1.29 is 9.53 Å². The molecule has 1 heterocycles. The van der Waals surface area contributed by atoms with Crippen LogP contribution in [0.15, 0.2) is 29.3 Å². The summed E-state index contributed by atoms with van der Waals surface area (Å²) < 4.78 is 5.99. The molecule has 7 heteroatoms. The quantitative estimate of drug-likeness (QED) is 0.394. The smallest absolute Gasteiger partial charge is 0.234 e. The van der Waals surface area contributed by atoms with Crippen molar-refractivity contribution in [2.75, 3.05) is 52.9 Å². The molecule has 0 bridgehead atoms. The predicted molar refractivity (Wildman–Crippen MR) is 117 cm³/mol. The van der Waals surface area contributed by atoms with Gasteiger partial charge in [-0.2, -0.15) is 0 Å². The van der Waals surface area contributed by atoms with E-state index in [0.717, 1.165) is 50.7 Å². The van der Waals surface area contributed by atoms with E-state index in [-0.39, 0.29) is 5.91 Å². The number of guanidine groups is 1. The maximum Gasteiger partial charge on any atom is 0.234 e. The summed E-state index contributed by atoms with van der Waals surface area (Å²) in [6.45, 7) is 9.62. The predicted octanol–water partition coefficient (Wildman–Crippen LogP) is 1.66. The Morgan fingerprint density at radius 2 is 1.93 bits per heavy atom. The number of carbonyl (C=O) groups is 1. The van der Waals surface area contributed by atoms with Crippen LogP contribution in [0.5, 0.6) is 5.75 Å². The zero-order valence-electron chi connectivity index (χ0n) is 18.0.